The maximum absolute atomic E-state index is 13.7. The van der Waals surface area contributed by atoms with Crippen molar-refractivity contribution in [3.05, 3.63) is 51.7 Å². The van der Waals surface area contributed by atoms with Crippen LogP contribution in [0.2, 0.25) is 0 Å². The van der Waals surface area contributed by atoms with Crippen LogP contribution in [-0.4, -0.2) is 4.98 Å². The molecule has 1 aromatic heterocycles. The van der Waals surface area contributed by atoms with Crippen molar-refractivity contribution in [2.24, 2.45) is 5.84 Å². The van der Waals surface area contributed by atoms with Crippen molar-refractivity contribution >= 4 is 11.3 Å². The summed E-state index contributed by atoms with van der Waals surface area (Å²) in [5.41, 5.74) is 1.30. The number of benzene rings is 1. The fourth-order valence-electron chi connectivity index (χ4n) is 1.77. The number of hydrogen-bond acceptors (Lipinski definition) is 4. The molecule has 20 heavy (non-hydrogen) atoms. The number of nitrogens with one attached hydrogen (secondary N) is 1. The molecule has 0 radical (unpaired) electrons. The molecule has 0 spiro atoms. The van der Waals surface area contributed by atoms with Crippen molar-refractivity contribution in [3.8, 4) is 0 Å². The second-order valence-electron chi connectivity index (χ2n) is 4.08. The van der Waals surface area contributed by atoms with Crippen LogP contribution >= 0.6 is 11.3 Å². The molecule has 0 fully saturated rings. The van der Waals surface area contributed by atoms with Crippen LogP contribution in [0.5, 0.6) is 0 Å². The maximum atomic E-state index is 13.7. The normalized spacial score (nSPS) is 13.4. The molecule has 8 heteroatoms. The van der Waals surface area contributed by atoms with Crippen LogP contribution < -0.4 is 11.3 Å². The fraction of sp³-hybridized carbons (Fsp3) is 0.250. The van der Waals surface area contributed by atoms with Gasteiger partial charge in [0.25, 0.3) is 0 Å². The summed E-state index contributed by atoms with van der Waals surface area (Å²) in [6.45, 7) is 0. The van der Waals surface area contributed by atoms with Gasteiger partial charge in [-0.3, -0.25) is 11.3 Å². The van der Waals surface area contributed by atoms with Gasteiger partial charge in [-0.25, -0.2) is 9.37 Å². The summed E-state index contributed by atoms with van der Waals surface area (Å²) in [4.78, 5) is 4.01. The summed E-state index contributed by atoms with van der Waals surface area (Å²) in [7, 11) is 0. The minimum atomic E-state index is -4.53. The molecule has 2 rings (SSSR count). The standard InChI is InChI=1S/C12H11F4N3S/c13-9-2-1-7(12(14,15)16)5-8(9)10(19-17)6-11-18-3-4-20-11/h1-5,10,19H,6,17H2. The number of aromatic nitrogens is 1. The second kappa shape index (κ2) is 5.86. The van der Waals surface area contributed by atoms with Gasteiger partial charge in [-0.1, -0.05) is 0 Å². The van der Waals surface area contributed by atoms with Gasteiger partial charge in [0.1, 0.15) is 5.82 Å². The molecule has 3 nitrogen and oxygen atoms in total. The molecule has 1 atom stereocenters. The van der Waals surface area contributed by atoms with Gasteiger partial charge >= 0.3 is 6.18 Å². The highest BCUT2D eigenvalue weighted by molar-refractivity contribution is 7.09. The number of halogens is 4. The third-order valence-corrected chi connectivity index (χ3v) is 3.56. The zero-order chi connectivity index (χ0) is 14.8. The topological polar surface area (TPSA) is 50.9 Å². The number of hydrogen-bond donors (Lipinski definition) is 2. The van der Waals surface area contributed by atoms with E-state index in [1.165, 1.54) is 11.3 Å². The number of alkyl halides is 3. The molecule has 0 amide bonds. The average Bonchev–Trinajstić information content (AvgIpc) is 2.88. The molecule has 3 N–H and O–H groups in total. The van der Waals surface area contributed by atoms with E-state index in [1.807, 2.05) is 0 Å². The van der Waals surface area contributed by atoms with E-state index in [1.54, 1.807) is 11.6 Å². The summed E-state index contributed by atoms with van der Waals surface area (Å²) < 4.78 is 51.7. The number of nitrogens with zero attached hydrogens (tertiary/aromatic N) is 1. The third-order valence-electron chi connectivity index (χ3n) is 2.76. The predicted molar refractivity (Wildman–Crippen MR) is 67.3 cm³/mol. The van der Waals surface area contributed by atoms with E-state index in [2.05, 4.69) is 10.4 Å². The summed E-state index contributed by atoms with van der Waals surface area (Å²) >= 11 is 1.33. The van der Waals surface area contributed by atoms with Crippen molar-refractivity contribution in [1.82, 2.24) is 10.4 Å². The van der Waals surface area contributed by atoms with Crippen molar-refractivity contribution < 1.29 is 17.6 Å². The van der Waals surface area contributed by atoms with E-state index in [0.717, 1.165) is 12.1 Å². The number of nitrogens with two attached hydrogens (primary N) is 1. The third kappa shape index (κ3) is 3.33. The van der Waals surface area contributed by atoms with Crippen LogP contribution in [0, 0.1) is 5.82 Å². The zero-order valence-corrected chi connectivity index (χ0v) is 10.9. The van der Waals surface area contributed by atoms with Gasteiger partial charge in [-0.2, -0.15) is 13.2 Å². The summed E-state index contributed by atoms with van der Waals surface area (Å²) in [5.74, 6) is 4.59. The quantitative estimate of drug-likeness (QED) is 0.518. The SMILES string of the molecule is NNC(Cc1nccs1)c1cc(C(F)(F)F)ccc1F. The first-order valence-corrected chi connectivity index (χ1v) is 6.51. The maximum Gasteiger partial charge on any atom is 0.416 e. The van der Waals surface area contributed by atoms with Gasteiger partial charge in [0.15, 0.2) is 0 Å². The molecular formula is C12H11F4N3S. The molecule has 2 aromatic rings. The molecule has 108 valence electrons. The van der Waals surface area contributed by atoms with E-state index in [4.69, 9.17) is 5.84 Å². The minimum Gasteiger partial charge on any atom is -0.271 e. The Morgan fingerprint density at radius 2 is 2.10 bits per heavy atom. The minimum absolute atomic E-state index is 0.127. The van der Waals surface area contributed by atoms with Gasteiger partial charge in [0.05, 0.1) is 16.6 Å². The highest BCUT2D eigenvalue weighted by Gasteiger charge is 2.32. The van der Waals surface area contributed by atoms with Crippen molar-refractivity contribution in [1.29, 1.82) is 0 Å². The van der Waals surface area contributed by atoms with E-state index < -0.39 is 23.6 Å². The average molecular weight is 305 g/mol. The van der Waals surface area contributed by atoms with Gasteiger partial charge < -0.3 is 0 Å². The first-order valence-electron chi connectivity index (χ1n) is 5.63. The van der Waals surface area contributed by atoms with Gasteiger partial charge in [0.2, 0.25) is 0 Å². The van der Waals surface area contributed by atoms with Crippen molar-refractivity contribution in [3.63, 3.8) is 0 Å². The number of rotatable bonds is 4. The van der Waals surface area contributed by atoms with Crippen LogP contribution in [0.15, 0.2) is 29.8 Å². The fourth-order valence-corrected chi connectivity index (χ4v) is 2.44. The second-order valence-corrected chi connectivity index (χ2v) is 5.06. The van der Waals surface area contributed by atoms with E-state index in [0.29, 0.717) is 11.1 Å². The molecule has 0 saturated heterocycles. The molecule has 1 heterocycles. The molecule has 0 aliphatic heterocycles. The Morgan fingerprint density at radius 1 is 1.35 bits per heavy atom. The Bertz CT molecular complexity index is 569. The zero-order valence-electron chi connectivity index (χ0n) is 10.1. The monoisotopic (exact) mass is 305 g/mol. The van der Waals surface area contributed by atoms with Crippen molar-refractivity contribution in [2.75, 3.05) is 0 Å². The molecular weight excluding hydrogens is 294 g/mol. The Kier molecular flexibility index (Phi) is 4.36. The molecule has 1 unspecified atom stereocenters. The smallest absolute Gasteiger partial charge is 0.271 e. The van der Waals surface area contributed by atoms with E-state index in [-0.39, 0.29) is 12.0 Å². The lowest BCUT2D eigenvalue weighted by Gasteiger charge is -2.17. The Morgan fingerprint density at radius 3 is 2.65 bits per heavy atom. The predicted octanol–water partition coefficient (Wildman–Crippen LogP) is 3.05. The van der Waals surface area contributed by atoms with E-state index >= 15 is 0 Å². The van der Waals surface area contributed by atoms with Crippen LogP contribution in [0.4, 0.5) is 17.6 Å². The lowest BCUT2D eigenvalue weighted by Crippen LogP contribution is -2.30. The van der Waals surface area contributed by atoms with Gasteiger partial charge in [0, 0.05) is 23.6 Å². The first kappa shape index (κ1) is 14.9. The largest absolute Gasteiger partial charge is 0.416 e. The van der Waals surface area contributed by atoms with Gasteiger partial charge in [-0.05, 0) is 18.2 Å². The molecule has 1 aromatic carbocycles. The van der Waals surface area contributed by atoms with E-state index in [9.17, 15) is 17.6 Å². The highest BCUT2D eigenvalue weighted by Crippen LogP contribution is 2.32. The Hall–Kier alpha value is -1.51. The van der Waals surface area contributed by atoms with Gasteiger partial charge in [-0.15, -0.1) is 11.3 Å². The van der Waals surface area contributed by atoms with Crippen LogP contribution in [0.1, 0.15) is 22.2 Å². The van der Waals surface area contributed by atoms with Crippen LogP contribution in [0.25, 0.3) is 0 Å². The van der Waals surface area contributed by atoms with Crippen LogP contribution in [-0.2, 0) is 12.6 Å². The molecule has 0 saturated carbocycles. The Balaban J connectivity index is 2.33. The summed E-state index contributed by atoms with van der Waals surface area (Å²) in [5, 5.41) is 2.38. The lowest BCUT2D eigenvalue weighted by atomic mass is 10.0. The van der Waals surface area contributed by atoms with Crippen LogP contribution in [0.3, 0.4) is 0 Å². The Labute approximate surface area is 116 Å². The molecule has 0 bridgehead atoms. The summed E-state index contributed by atoms with van der Waals surface area (Å²) in [6, 6.07) is 1.50. The number of thiazole rings is 1. The molecule has 0 aliphatic rings. The molecule has 0 aliphatic carbocycles. The lowest BCUT2D eigenvalue weighted by molar-refractivity contribution is -0.137. The first-order chi connectivity index (χ1) is 9.41. The number of hydrazine groups is 1. The van der Waals surface area contributed by atoms with Crippen molar-refractivity contribution in [2.45, 2.75) is 18.6 Å². The highest BCUT2D eigenvalue weighted by atomic mass is 32.1. The summed E-state index contributed by atoms with van der Waals surface area (Å²) in [6.07, 6.45) is -2.74.